The van der Waals surface area contributed by atoms with Crippen LogP contribution in [0.5, 0.6) is 5.75 Å². The second-order valence-electron chi connectivity index (χ2n) is 8.95. The quantitative estimate of drug-likeness (QED) is 0.321. The van der Waals surface area contributed by atoms with Crippen molar-refractivity contribution in [1.29, 1.82) is 5.26 Å². The molecule has 5 rings (SSSR count). The van der Waals surface area contributed by atoms with Crippen LogP contribution in [0.3, 0.4) is 0 Å². The Morgan fingerprint density at radius 3 is 2.61 bits per heavy atom. The first-order valence-corrected chi connectivity index (χ1v) is 11.7. The largest absolute Gasteiger partial charge is 0.493 e. The van der Waals surface area contributed by atoms with E-state index in [1.54, 1.807) is 6.07 Å². The lowest BCUT2D eigenvalue weighted by atomic mass is 9.94. The Balaban J connectivity index is 1.68. The zero-order valence-corrected chi connectivity index (χ0v) is 19.9. The Labute approximate surface area is 208 Å². The number of ether oxygens (including phenoxy) is 1. The maximum absolute atomic E-state index is 14.2. The third-order valence-corrected chi connectivity index (χ3v) is 6.56. The summed E-state index contributed by atoms with van der Waals surface area (Å²) in [5, 5.41) is 23.4. The van der Waals surface area contributed by atoms with E-state index in [2.05, 4.69) is 11.4 Å². The fraction of sp³-hybridized carbons (Fsp3) is 0.207. The van der Waals surface area contributed by atoms with Crippen LogP contribution in [-0.2, 0) is 4.79 Å². The van der Waals surface area contributed by atoms with Crippen LogP contribution in [0.2, 0.25) is 0 Å². The Bertz CT molecular complexity index is 1550. The number of anilines is 1. The van der Waals surface area contributed by atoms with Gasteiger partial charge < -0.3 is 15.2 Å². The molecule has 1 saturated carbocycles. The highest BCUT2D eigenvalue weighted by Gasteiger charge is 2.51. The number of fused-ring (bicyclic) bond motifs is 1. The molecule has 0 amide bonds. The van der Waals surface area contributed by atoms with Crippen molar-refractivity contribution in [2.45, 2.75) is 32.2 Å². The van der Waals surface area contributed by atoms with Crippen LogP contribution in [0.15, 0.2) is 60.7 Å². The topological polar surface area (TPSA) is 95.2 Å². The van der Waals surface area contributed by atoms with Crippen molar-refractivity contribution in [2.75, 3.05) is 11.9 Å². The molecular weight excluding hydrogens is 457 g/mol. The molecule has 1 heterocycles. The van der Waals surface area contributed by atoms with Crippen LogP contribution >= 0.6 is 0 Å². The van der Waals surface area contributed by atoms with Gasteiger partial charge in [0.2, 0.25) is 0 Å². The first kappa shape index (κ1) is 23.3. The number of carboxylic acids is 1. The zero-order chi connectivity index (χ0) is 25.4. The number of nitrogens with one attached hydrogen (secondary N) is 1. The van der Waals surface area contributed by atoms with Gasteiger partial charge in [0.1, 0.15) is 28.7 Å². The van der Waals surface area contributed by atoms with Crippen LogP contribution < -0.4 is 10.1 Å². The summed E-state index contributed by atoms with van der Waals surface area (Å²) < 4.78 is 20.0. The standard InChI is InChI=1S/C29H24FN3O3/c1-3-36-25-7-5-4-6-21(25)18-8-10-20(17(2)14-18)26-23(16-31)27(33-29(12-13-29)28(34)35)22-15-19(30)9-11-24(22)32-26/h4-11,14-15H,3,12-13H2,1-2H3,(H,32,33)(H,34,35). The van der Waals surface area contributed by atoms with Crippen LogP contribution in [-0.4, -0.2) is 28.2 Å². The summed E-state index contributed by atoms with van der Waals surface area (Å²) >= 11 is 0. The molecule has 0 radical (unpaired) electrons. The molecule has 36 heavy (non-hydrogen) atoms. The molecule has 6 nitrogen and oxygen atoms in total. The van der Waals surface area contributed by atoms with Gasteiger partial charge >= 0.3 is 5.97 Å². The fourth-order valence-electron chi connectivity index (χ4n) is 4.51. The second kappa shape index (κ2) is 8.97. The number of carboxylic acid groups (broad SMARTS) is 1. The van der Waals surface area contributed by atoms with Gasteiger partial charge in [0.15, 0.2) is 0 Å². The minimum absolute atomic E-state index is 0.186. The summed E-state index contributed by atoms with van der Waals surface area (Å²) in [5.74, 6) is -0.703. The number of aliphatic carboxylic acids is 1. The van der Waals surface area contributed by atoms with Crippen molar-refractivity contribution in [3.8, 4) is 34.2 Å². The molecule has 0 atom stereocenters. The highest BCUT2D eigenvalue weighted by atomic mass is 19.1. The molecular formula is C29H24FN3O3. The third-order valence-electron chi connectivity index (χ3n) is 6.56. The number of aryl methyl sites for hydroxylation is 1. The fourth-order valence-corrected chi connectivity index (χ4v) is 4.51. The molecule has 0 saturated heterocycles. The first-order valence-electron chi connectivity index (χ1n) is 11.7. The predicted molar refractivity (Wildman–Crippen MR) is 136 cm³/mol. The Hall–Kier alpha value is -4.44. The number of nitriles is 1. The first-order chi connectivity index (χ1) is 17.4. The van der Waals surface area contributed by atoms with Gasteiger partial charge in [0.25, 0.3) is 0 Å². The summed E-state index contributed by atoms with van der Waals surface area (Å²) in [6, 6.07) is 20.0. The second-order valence-corrected chi connectivity index (χ2v) is 8.95. The summed E-state index contributed by atoms with van der Waals surface area (Å²) in [6.07, 6.45) is 0.850. The molecule has 1 aromatic heterocycles. The van der Waals surface area contributed by atoms with Gasteiger partial charge in [-0.1, -0.05) is 36.4 Å². The van der Waals surface area contributed by atoms with E-state index >= 15 is 0 Å². The van der Waals surface area contributed by atoms with Crippen molar-refractivity contribution in [3.05, 3.63) is 77.6 Å². The molecule has 0 aliphatic heterocycles. The van der Waals surface area contributed by atoms with E-state index in [1.165, 1.54) is 12.1 Å². The smallest absolute Gasteiger partial charge is 0.329 e. The molecule has 0 spiro atoms. The van der Waals surface area contributed by atoms with E-state index < -0.39 is 17.3 Å². The molecule has 3 aromatic carbocycles. The number of halogens is 1. The summed E-state index contributed by atoms with van der Waals surface area (Å²) in [7, 11) is 0. The highest BCUT2D eigenvalue weighted by Crippen LogP contribution is 2.44. The number of hydrogen-bond donors (Lipinski definition) is 2. The maximum Gasteiger partial charge on any atom is 0.329 e. The normalized spacial score (nSPS) is 13.7. The van der Waals surface area contributed by atoms with Gasteiger partial charge in [0, 0.05) is 16.5 Å². The minimum Gasteiger partial charge on any atom is -0.493 e. The van der Waals surface area contributed by atoms with Crippen LogP contribution in [0.4, 0.5) is 10.1 Å². The number of para-hydroxylation sites is 1. The number of pyridine rings is 1. The molecule has 7 heteroatoms. The summed E-state index contributed by atoms with van der Waals surface area (Å²) in [5.41, 5.74) is 3.74. The number of benzene rings is 3. The average molecular weight is 482 g/mol. The molecule has 0 unspecified atom stereocenters. The Morgan fingerprint density at radius 1 is 1.17 bits per heavy atom. The number of aromatic nitrogens is 1. The number of carbonyl (C=O) groups is 1. The third kappa shape index (κ3) is 4.01. The molecule has 1 aliphatic rings. The monoisotopic (exact) mass is 481 g/mol. The number of rotatable bonds is 7. The predicted octanol–water partition coefficient (Wildman–Crippen LogP) is 6.32. The van der Waals surface area contributed by atoms with Crippen molar-refractivity contribution in [2.24, 2.45) is 0 Å². The van der Waals surface area contributed by atoms with Crippen molar-refractivity contribution in [3.63, 3.8) is 0 Å². The van der Waals surface area contributed by atoms with E-state index in [1.807, 2.05) is 56.3 Å². The molecule has 2 N–H and O–H groups in total. The van der Waals surface area contributed by atoms with Gasteiger partial charge in [-0.05, 0) is 62.1 Å². The van der Waals surface area contributed by atoms with Crippen LogP contribution in [0.25, 0.3) is 33.3 Å². The van der Waals surface area contributed by atoms with E-state index in [4.69, 9.17) is 9.72 Å². The van der Waals surface area contributed by atoms with Gasteiger partial charge in [-0.25, -0.2) is 14.2 Å². The van der Waals surface area contributed by atoms with Gasteiger partial charge in [0.05, 0.1) is 23.5 Å². The molecule has 180 valence electrons. The van der Waals surface area contributed by atoms with E-state index in [-0.39, 0.29) is 5.56 Å². The van der Waals surface area contributed by atoms with Gasteiger partial charge in [-0.3, -0.25) is 0 Å². The van der Waals surface area contributed by atoms with E-state index in [0.29, 0.717) is 41.7 Å². The molecule has 1 aliphatic carbocycles. The van der Waals surface area contributed by atoms with Crippen molar-refractivity contribution in [1.82, 2.24) is 4.98 Å². The van der Waals surface area contributed by atoms with Crippen molar-refractivity contribution < 1.29 is 19.0 Å². The zero-order valence-electron chi connectivity index (χ0n) is 19.9. The molecule has 1 fully saturated rings. The lowest BCUT2D eigenvalue weighted by molar-refractivity contribution is -0.138. The Kier molecular flexibility index (Phi) is 5.81. The lowest BCUT2D eigenvalue weighted by Gasteiger charge is -2.20. The number of hydrogen-bond acceptors (Lipinski definition) is 5. The SMILES string of the molecule is CCOc1ccccc1-c1ccc(-c2nc3ccc(F)cc3c(NC3(C(=O)O)CC3)c2C#N)c(C)c1. The summed E-state index contributed by atoms with van der Waals surface area (Å²) in [4.78, 5) is 16.6. The lowest BCUT2D eigenvalue weighted by Crippen LogP contribution is -2.32. The van der Waals surface area contributed by atoms with E-state index in [9.17, 15) is 19.6 Å². The van der Waals surface area contributed by atoms with Crippen LogP contribution in [0, 0.1) is 24.1 Å². The molecule has 0 bridgehead atoms. The Morgan fingerprint density at radius 2 is 1.94 bits per heavy atom. The average Bonchev–Trinajstić information content (AvgIpc) is 3.66. The van der Waals surface area contributed by atoms with Crippen LogP contribution in [0.1, 0.15) is 30.9 Å². The maximum atomic E-state index is 14.2. The van der Waals surface area contributed by atoms with Crippen molar-refractivity contribution >= 4 is 22.6 Å². The van der Waals surface area contributed by atoms with Gasteiger partial charge in [-0.15, -0.1) is 0 Å². The minimum atomic E-state index is -1.16. The molecule has 4 aromatic rings. The highest BCUT2D eigenvalue weighted by molar-refractivity contribution is 6.01. The van der Waals surface area contributed by atoms with E-state index in [0.717, 1.165) is 28.0 Å². The summed E-state index contributed by atoms with van der Waals surface area (Å²) in [6.45, 7) is 4.43. The van der Waals surface area contributed by atoms with Gasteiger partial charge in [-0.2, -0.15) is 5.26 Å². The number of nitrogens with zero attached hydrogens (tertiary/aromatic N) is 2.